The summed E-state index contributed by atoms with van der Waals surface area (Å²) in [6.07, 6.45) is 2.39. The third-order valence-corrected chi connectivity index (χ3v) is 8.22. The molecule has 1 aromatic carbocycles. The van der Waals surface area contributed by atoms with Crippen molar-refractivity contribution in [2.75, 3.05) is 32.1 Å². The first-order valence-corrected chi connectivity index (χ1v) is 15.2. The molecule has 1 aliphatic carbocycles. The normalized spacial score (nSPS) is 16.8. The number of nitrogens with zero attached hydrogens (tertiary/aromatic N) is 3. The highest BCUT2D eigenvalue weighted by Gasteiger charge is 2.37. The van der Waals surface area contributed by atoms with Crippen LogP contribution in [0.15, 0.2) is 23.0 Å². The molecule has 9 heteroatoms. The van der Waals surface area contributed by atoms with Gasteiger partial charge in [0, 0.05) is 58.8 Å². The Morgan fingerprint density at radius 1 is 1.05 bits per heavy atom. The average molecular weight is 592 g/mol. The summed E-state index contributed by atoms with van der Waals surface area (Å²) < 4.78 is 0. The van der Waals surface area contributed by atoms with Gasteiger partial charge in [-0.05, 0) is 118 Å². The first-order chi connectivity index (χ1) is 20.1. The molecule has 9 nitrogen and oxygen atoms in total. The van der Waals surface area contributed by atoms with E-state index in [1.165, 1.54) is 0 Å². The molecule has 0 aliphatic heterocycles. The molecule has 1 heterocycles. The third-order valence-electron chi connectivity index (χ3n) is 8.22. The lowest BCUT2D eigenvalue weighted by atomic mass is 9.86. The van der Waals surface area contributed by atoms with Crippen molar-refractivity contribution in [1.82, 2.24) is 20.1 Å². The van der Waals surface area contributed by atoms with Crippen molar-refractivity contribution >= 4 is 17.7 Å². The second kappa shape index (κ2) is 14.1. The number of aryl methyl sites for hydroxylation is 2. The Labute approximate surface area is 256 Å². The number of nitrogens with one attached hydrogen (secondary N) is 2. The Hall–Kier alpha value is -3.77. The van der Waals surface area contributed by atoms with E-state index in [0.717, 1.165) is 60.3 Å². The van der Waals surface area contributed by atoms with Gasteiger partial charge in [0.2, 0.25) is 0 Å². The van der Waals surface area contributed by atoms with Crippen LogP contribution in [0.5, 0.6) is 0 Å². The molecule has 0 spiro atoms. The van der Waals surface area contributed by atoms with Crippen LogP contribution in [0, 0.1) is 32.6 Å². The molecule has 3 rings (SSSR count). The number of carboxylic acid groups (broad SMARTS) is 1. The first-order valence-electron chi connectivity index (χ1n) is 15.2. The molecule has 234 valence electrons. The Morgan fingerprint density at radius 3 is 2.21 bits per heavy atom. The number of aromatic amines is 1. The number of hydrogen-bond acceptors (Lipinski definition) is 5. The fourth-order valence-electron chi connectivity index (χ4n) is 6.21. The quantitative estimate of drug-likeness (QED) is 0.371. The number of H-pyrrole nitrogens is 1. The van der Waals surface area contributed by atoms with E-state index in [2.05, 4.69) is 40.0 Å². The number of carbonyl (C=O) groups is 2. The van der Waals surface area contributed by atoms with E-state index in [9.17, 15) is 19.5 Å². The van der Waals surface area contributed by atoms with Crippen molar-refractivity contribution in [1.29, 1.82) is 0 Å². The van der Waals surface area contributed by atoms with Gasteiger partial charge in [0.1, 0.15) is 0 Å². The van der Waals surface area contributed by atoms with E-state index in [0.29, 0.717) is 17.7 Å². The second-order valence-electron chi connectivity index (χ2n) is 12.9. The minimum atomic E-state index is -0.874. The van der Waals surface area contributed by atoms with Crippen LogP contribution < -0.4 is 15.8 Å². The van der Waals surface area contributed by atoms with Gasteiger partial charge in [-0.2, -0.15) is 0 Å². The number of pyridine rings is 1. The van der Waals surface area contributed by atoms with Gasteiger partial charge in [0.15, 0.2) is 0 Å². The number of amides is 2. The molecule has 0 atom stereocenters. The number of benzene rings is 1. The van der Waals surface area contributed by atoms with Crippen LogP contribution in [0.1, 0.15) is 91.7 Å². The molecule has 0 radical (unpaired) electrons. The zero-order valence-corrected chi connectivity index (χ0v) is 27.4. The second-order valence-corrected chi connectivity index (χ2v) is 12.9. The highest BCUT2D eigenvalue weighted by Crippen LogP contribution is 2.35. The lowest BCUT2D eigenvalue weighted by Gasteiger charge is -2.45. The summed E-state index contributed by atoms with van der Waals surface area (Å²) in [5, 5.41) is 12.9. The maximum atomic E-state index is 13.6. The minimum Gasteiger partial charge on any atom is -0.465 e. The monoisotopic (exact) mass is 591 g/mol. The van der Waals surface area contributed by atoms with Gasteiger partial charge in [0.25, 0.3) is 11.5 Å². The van der Waals surface area contributed by atoms with E-state index >= 15 is 0 Å². The van der Waals surface area contributed by atoms with Crippen molar-refractivity contribution < 1.29 is 14.7 Å². The van der Waals surface area contributed by atoms with Gasteiger partial charge in [-0.1, -0.05) is 11.8 Å². The van der Waals surface area contributed by atoms with E-state index in [1.54, 1.807) is 4.90 Å². The van der Waals surface area contributed by atoms with Crippen molar-refractivity contribution in [3.8, 4) is 11.8 Å². The van der Waals surface area contributed by atoms with Crippen molar-refractivity contribution in [3.63, 3.8) is 0 Å². The molecular weight excluding hydrogens is 542 g/mol. The van der Waals surface area contributed by atoms with Gasteiger partial charge in [-0.3, -0.25) is 14.5 Å². The smallest absolute Gasteiger partial charge is 0.407 e. The van der Waals surface area contributed by atoms with E-state index < -0.39 is 11.6 Å². The molecule has 43 heavy (non-hydrogen) atoms. The molecule has 3 N–H and O–H groups in total. The Balaban J connectivity index is 1.93. The van der Waals surface area contributed by atoms with Crippen molar-refractivity contribution in [3.05, 3.63) is 62.1 Å². The molecule has 0 bridgehead atoms. The summed E-state index contributed by atoms with van der Waals surface area (Å²) in [5.41, 5.74) is 4.61. The van der Waals surface area contributed by atoms with Crippen LogP contribution in [0.25, 0.3) is 0 Å². The van der Waals surface area contributed by atoms with Gasteiger partial charge < -0.3 is 25.2 Å². The molecule has 0 saturated heterocycles. The van der Waals surface area contributed by atoms with Gasteiger partial charge >= 0.3 is 6.09 Å². The lowest BCUT2D eigenvalue weighted by molar-refractivity contribution is 0.0545. The van der Waals surface area contributed by atoms with Gasteiger partial charge in [0.05, 0.1) is 6.54 Å². The Bertz CT molecular complexity index is 1440. The summed E-state index contributed by atoms with van der Waals surface area (Å²) in [6, 6.07) is 5.99. The largest absolute Gasteiger partial charge is 0.465 e. The number of carbonyl (C=O) groups excluding carboxylic acids is 1. The summed E-state index contributed by atoms with van der Waals surface area (Å²) in [4.78, 5) is 47.0. The molecule has 1 saturated carbocycles. The molecule has 2 amide bonds. The molecule has 1 fully saturated rings. The van der Waals surface area contributed by atoms with Gasteiger partial charge in [-0.15, -0.1) is 0 Å². The Morgan fingerprint density at radius 2 is 1.67 bits per heavy atom. The number of aromatic nitrogens is 1. The zero-order valence-electron chi connectivity index (χ0n) is 27.4. The fraction of sp³-hybridized carbons (Fsp3) is 0.559. The molecular formula is C34H49N5O4. The highest BCUT2D eigenvalue weighted by molar-refractivity contribution is 5.97. The average Bonchev–Trinajstić information content (AvgIpc) is 2.89. The fourth-order valence-corrected chi connectivity index (χ4v) is 6.21. The van der Waals surface area contributed by atoms with Crippen LogP contribution in [-0.4, -0.2) is 76.7 Å². The Kier molecular flexibility index (Phi) is 11.1. The third kappa shape index (κ3) is 8.41. The summed E-state index contributed by atoms with van der Waals surface area (Å²) in [6.45, 7) is 15.1. The predicted octanol–water partition coefficient (Wildman–Crippen LogP) is 5.06. The molecule has 0 unspecified atom stereocenters. The summed E-state index contributed by atoms with van der Waals surface area (Å²) in [5.74, 6) is 6.18. The van der Waals surface area contributed by atoms with E-state index in [1.807, 2.05) is 72.7 Å². The summed E-state index contributed by atoms with van der Waals surface area (Å²) in [7, 11) is 3.92. The van der Waals surface area contributed by atoms with Crippen LogP contribution >= 0.6 is 0 Å². The van der Waals surface area contributed by atoms with Crippen molar-refractivity contribution in [2.24, 2.45) is 0 Å². The maximum absolute atomic E-state index is 13.6. The van der Waals surface area contributed by atoms with Crippen LogP contribution in [0.3, 0.4) is 0 Å². The van der Waals surface area contributed by atoms with Crippen LogP contribution in [-0.2, 0) is 6.54 Å². The lowest BCUT2D eigenvalue weighted by Crippen LogP contribution is -2.53. The standard InChI is InChI=1S/C34H49N5O4/c1-10-38(26-13-15-27(16-14-26)39(33(42)43)34(5,6)7)30-20-25(12-11-17-37(8)9)19-28(24(30)4)31(40)35-21-29-22(2)18-23(3)36-32(29)41/h18-20,26-27H,10,13-17,21H2,1-9H3,(H,35,40)(H,36,41)(H,42,43). The minimum absolute atomic E-state index is 0.0218. The molecule has 1 aliphatic rings. The topological polar surface area (TPSA) is 109 Å². The number of rotatable bonds is 8. The highest BCUT2D eigenvalue weighted by atomic mass is 16.4. The van der Waals surface area contributed by atoms with Crippen LogP contribution in [0.2, 0.25) is 0 Å². The van der Waals surface area contributed by atoms with Crippen molar-refractivity contribution in [2.45, 2.75) is 98.3 Å². The molecule has 2 aromatic rings. The number of hydrogen-bond donors (Lipinski definition) is 3. The number of anilines is 1. The summed E-state index contributed by atoms with van der Waals surface area (Å²) >= 11 is 0. The van der Waals surface area contributed by atoms with Gasteiger partial charge in [-0.25, -0.2) is 4.79 Å². The maximum Gasteiger partial charge on any atom is 0.407 e. The SMILES string of the molecule is CCN(c1cc(C#CCN(C)C)cc(C(=O)NCc2c(C)cc(C)[nH]c2=O)c1C)C1CCC(N(C(=O)O)C(C)(C)C)CC1. The predicted molar refractivity (Wildman–Crippen MR) is 173 cm³/mol. The van der Waals surface area contributed by atoms with E-state index in [-0.39, 0.29) is 30.1 Å². The first kappa shape index (κ1) is 33.7. The zero-order chi connectivity index (χ0) is 32.1. The molecule has 1 aromatic heterocycles. The van der Waals surface area contributed by atoms with E-state index in [4.69, 9.17) is 0 Å². The van der Waals surface area contributed by atoms with Crippen LogP contribution in [0.4, 0.5) is 10.5 Å².